The Kier molecular flexibility index (Phi) is 2.07. The lowest BCUT2D eigenvalue weighted by Gasteiger charge is -2.01. The molecule has 0 bridgehead atoms. The van der Waals surface area contributed by atoms with Gasteiger partial charge >= 0.3 is 0 Å². The summed E-state index contributed by atoms with van der Waals surface area (Å²) in [6.45, 7) is 1.96. The van der Waals surface area contributed by atoms with Crippen molar-refractivity contribution in [2.45, 2.75) is 25.7 Å². The summed E-state index contributed by atoms with van der Waals surface area (Å²) in [5.74, 6) is 1.73. The highest BCUT2D eigenvalue weighted by molar-refractivity contribution is 5.81. The molecule has 0 unspecified atom stereocenters. The number of hydrogen-bond acceptors (Lipinski definition) is 3. The molecular formula is C14H14N5. The Balaban J connectivity index is 1.87. The summed E-state index contributed by atoms with van der Waals surface area (Å²) in [5.41, 5.74) is 4.96. The van der Waals surface area contributed by atoms with E-state index in [0.29, 0.717) is 5.92 Å². The number of imidazole rings is 1. The molecule has 1 aliphatic carbocycles. The Labute approximate surface area is 110 Å². The van der Waals surface area contributed by atoms with E-state index in [0.717, 1.165) is 33.8 Å². The summed E-state index contributed by atoms with van der Waals surface area (Å²) >= 11 is 0. The number of aromatic nitrogens is 5. The van der Waals surface area contributed by atoms with Gasteiger partial charge in [0.2, 0.25) is 0 Å². The maximum atomic E-state index is 4.67. The van der Waals surface area contributed by atoms with Crippen LogP contribution >= 0.6 is 0 Å². The minimum absolute atomic E-state index is 0.629. The van der Waals surface area contributed by atoms with Crippen LogP contribution in [-0.2, 0) is 7.05 Å². The van der Waals surface area contributed by atoms with Gasteiger partial charge in [0.15, 0.2) is 0 Å². The number of rotatable bonds is 2. The number of hydrogen-bond donors (Lipinski definition) is 1. The quantitative estimate of drug-likeness (QED) is 0.761. The van der Waals surface area contributed by atoms with Crippen molar-refractivity contribution in [3.05, 3.63) is 29.7 Å². The van der Waals surface area contributed by atoms with Gasteiger partial charge in [0.25, 0.3) is 0 Å². The van der Waals surface area contributed by atoms with Crippen molar-refractivity contribution in [1.29, 1.82) is 0 Å². The third-order valence-corrected chi connectivity index (χ3v) is 3.65. The first-order valence-electron chi connectivity index (χ1n) is 6.50. The van der Waals surface area contributed by atoms with Gasteiger partial charge in [0, 0.05) is 24.6 Å². The molecule has 0 aliphatic heterocycles. The Morgan fingerprint density at radius 1 is 1.42 bits per heavy atom. The van der Waals surface area contributed by atoms with Crippen LogP contribution in [0.5, 0.6) is 0 Å². The van der Waals surface area contributed by atoms with Crippen molar-refractivity contribution >= 4 is 11.0 Å². The molecule has 0 saturated heterocycles. The third kappa shape index (κ3) is 1.65. The standard InChI is InChI=1S/C14H14N5/c1-8-13(19(2)18-17-8)10-5-6-11-12(7-10)16-14(15-11)9-3-4-9/h5,7,9H,3-4H2,1-2H3,(H,15,16). The predicted molar refractivity (Wildman–Crippen MR) is 71.6 cm³/mol. The summed E-state index contributed by atoms with van der Waals surface area (Å²) in [5, 5.41) is 8.13. The molecule has 2 heterocycles. The molecule has 5 heteroatoms. The van der Waals surface area contributed by atoms with Crippen LogP contribution in [-0.4, -0.2) is 25.0 Å². The van der Waals surface area contributed by atoms with Crippen LogP contribution in [0.25, 0.3) is 22.3 Å². The summed E-state index contributed by atoms with van der Waals surface area (Å²) < 4.78 is 1.79. The maximum Gasteiger partial charge on any atom is 0.110 e. The number of nitrogens with one attached hydrogen (secondary N) is 1. The topological polar surface area (TPSA) is 59.4 Å². The van der Waals surface area contributed by atoms with Crippen LogP contribution in [0, 0.1) is 13.0 Å². The molecule has 1 fully saturated rings. The second-order valence-corrected chi connectivity index (χ2v) is 5.19. The first-order valence-corrected chi connectivity index (χ1v) is 6.50. The Morgan fingerprint density at radius 3 is 2.95 bits per heavy atom. The molecule has 0 spiro atoms. The van der Waals surface area contributed by atoms with E-state index in [1.165, 1.54) is 12.8 Å². The lowest BCUT2D eigenvalue weighted by atomic mass is 10.1. The fraction of sp³-hybridized carbons (Fsp3) is 0.357. The highest BCUT2D eigenvalue weighted by atomic mass is 15.4. The van der Waals surface area contributed by atoms with E-state index in [4.69, 9.17) is 0 Å². The van der Waals surface area contributed by atoms with Crippen molar-refractivity contribution in [3.63, 3.8) is 0 Å². The molecule has 1 N–H and O–H groups in total. The van der Waals surface area contributed by atoms with E-state index >= 15 is 0 Å². The van der Waals surface area contributed by atoms with Crippen molar-refractivity contribution in [2.75, 3.05) is 0 Å². The van der Waals surface area contributed by atoms with Crippen LogP contribution < -0.4 is 0 Å². The van der Waals surface area contributed by atoms with Crippen molar-refractivity contribution in [1.82, 2.24) is 25.0 Å². The van der Waals surface area contributed by atoms with Gasteiger partial charge in [0.1, 0.15) is 5.82 Å². The monoisotopic (exact) mass is 252 g/mol. The van der Waals surface area contributed by atoms with E-state index in [2.05, 4.69) is 32.4 Å². The number of benzene rings is 1. The lowest BCUT2D eigenvalue weighted by molar-refractivity contribution is 0.719. The van der Waals surface area contributed by atoms with Gasteiger partial charge in [-0.15, -0.1) is 5.10 Å². The van der Waals surface area contributed by atoms with Gasteiger partial charge in [0.05, 0.1) is 22.4 Å². The average molecular weight is 252 g/mol. The molecule has 1 saturated carbocycles. The van der Waals surface area contributed by atoms with Gasteiger partial charge in [-0.3, -0.25) is 0 Å². The molecule has 2 aromatic heterocycles. The zero-order chi connectivity index (χ0) is 13.0. The number of fused-ring (bicyclic) bond motifs is 1. The Morgan fingerprint density at radius 2 is 2.26 bits per heavy atom. The average Bonchev–Trinajstić information content (AvgIpc) is 3.08. The van der Waals surface area contributed by atoms with Crippen molar-refractivity contribution in [2.24, 2.45) is 7.05 Å². The number of aromatic amines is 1. The van der Waals surface area contributed by atoms with Crippen LogP contribution in [0.1, 0.15) is 30.3 Å². The zero-order valence-corrected chi connectivity index (χ0v) is 10.9. The first-order chi connectivity index (χ1) is 9.22. The van der Waals surface area contributed by atoms with Crippen LogP contribution in [0.2, 0.25) is 0 Å². The van der Waals surface area contributed by atoms with E-state index in [1.807, 2.05) is 20.0 Å². The van der Waals surface area contributed by atoms with Crippen LogP contribution in [0.4, 0.5) is 0 Å². The maximum absolute atomic E-state index is 4.67. The normalized spacial score (nSPS) is 15.3. The van der Waals surface area contributed by atoms with E-state index in [1.54, 1.807) is 4.68 Å². The van der Waals surface area contributed by atoms with Crippen molar-refractivity contribution in [3.8, 4) is 11.3 Å². The molecule has 95 valence electrons. The second kappa shape index (κ2) is 3.66. The smallest absolute Gasteiger partial charge is 0.110 e. The molecule has 1 aromatic carbocycles. The van der Waals surface area contributed by atoms with Gasteiger partial charge in [-0.05, 0) is 31.9 Å². The Hall–Kier alpha value is -2.17. The zero-order valence-electron chi connectivity index (χ0n) is 10.9. The summed E-state index contributed by atoms with van der Waals surface area (Å²) in [4.78, 5) is 8.02. The predicted octanol–water partition coefficient (Wildman–Crippen LogP) is 2.34. The van der Waals surface area contributed by atoms with E-state index < -0.39 is 0 Å². The van der Waals surface area contributed by atoms with Gasteiger partial charge in [-0.2, -0.15) is 0 Å². The summed E-state index contributed by atoms with van der Waals surface area (Å²) in [7, 11) is 1.90. The van der Waals surface area contributed by atoms with E-state index in [-0.39, 0.29) is 0 Å². The highest BCUT2D eigenvalue weighted by Crippen LogP contribution is 2.39. The van der Waals surface area contributed by atoms with Crippen molar-refractivity contribution < 1.29 is 0 Å². The number of aryl methyl sites for hydroxylation is 2. The third-order valence-electron chi connectivity index (χ3n) is 3.65. The SMILES string of the molecule is Cc1nnn(C)c1-c1c[c]c2[nH]c(C3CC3)nc2c1. The largest absolute Gasteiger partial charge is 0.341 e. The molecule has 5 nitrogen and oxygen atoms in total. The van der Waals surface area contributed by atoms with Gasteiger partial charge in [-0.1, -0.05) is 5.21 Å². The second-order valence-electron chi connectivity index (χ2n) is 5.19. The van der Waals surface area contributed by atoms with E-state index in [9.17, 15) is 0 Å². The molecule has 0 atom stereocenters. The summed E-state index contributed by atoms with van der Waals surface area (Å²) in [6, 6.07) is 7.34. The fourth-order valence-electron chi connectivity index (χ4n) is 2.50. The molecule has 1 aliphatic rings. The number of nitrogens with zero attached hydrogens (tertiary/aromatic N) is 4. The minimum Gasteiger partial charge on any atom is -0.341 e. The molecule has 3 aromatic rings. The van der Waals surface area contributed by atoms with Gasteiger partial charge in [-0.25, -0.2) is 9.67 Å². The molecule has 0 amide bonds. The molecular weight excluding hydrogens is 238 g/mol. The Bertz CT molecular complexity index is 744. The molecule has 1 radical (unpaired) electrons. The summed E-state index contributed by atoms with van der Waals surface area (Å²) in [6.07, 6.45) is 2.49. The molecule has 4 rings (SSSR count). The lowest BCUT2D eigenvalue weighted by Crippen LogP contribution is -1.94. The van der Waals surface area contributed by atoms with Crippen LogP contribution in [0.15, 0.2) is 12.1 Å². The molecule has 19 heavy (non-hydrogen) atoms. The fourth-order valence-corrected chi connectivity index (χ4v) is 2.50. The van der Waals surface area contributed by atoms with Gasteiger partial charge < -0.3 is 4.98 Å². The highest BCUT2D eigenvalue weighted by Gasteiger charge is 2.26. The minimum atomic E-state index is 0.629. The number of H-pyrrole nitrogens is 1. The first kappa shape index (κ1) is 10.7. The van der Waals surface area contributed by atoms with Crippen LogP contribution in [0.3, 0.4) is 0 Å².